The number of nitro groups is 1. The Bertz CT molecular complexity index is 552. The van der Waals surface area contributed by atoms with Crippen molar-refractivity contribution in [2.45, 2.75) is 18.9 Å². The number of benzene rings is 1. The summed E-state index contributed by atoms with van der Waals surface area (Å²) in [5, 5.41) is 10.5. The van der Waals surface area contributed by atoms with Gasteiger partial charge in [0.05, 0.1) is 4.92 Å². The van der Waals surface area contributed by atoms with Crippen LogP contribution < -0.4 is 10.5 Å². The van der Waals surface area contributed by atoms with Crippen molar-refractivity contribution in [2.24, 2.45) is 5.73 Å². The minimum absolute atomic E-state index is 0.0282. The number of hydrogen-bond acceptors (Lipinski definition) is 5. The number of nitrogens with two attached hydrogens (primary N) is 1. The molecular formula is C13H16FN3O4. The summed E-state index contributed by atoms with van der Waals surface area (Å²) in [5.74, 6) is -1.15. The Hall–Kier alpha value is -2.22. The molecule has 1 heterocycles. The van der Waals surface area contributed by atoms with Crippen molar-refractivity contribution in [3.63, 3.8) is 0 Å². The molecule has 1 aromatic carbocycles. The fourth-order valence-electron chi connectivity index (χ4n) is 2.20. The van der Waals surface area contributed by atoms with Crippen molar-refractivity contribution in [2.75, 3.05) is 19.7 Å². The lowest BCUT2D eigenvalue weighted by atomic mass is 10.1. The maximum absolute atomic E-state index is 13.4. The van der Waals surface area contributed by atoms with Crippen molar-refractivity contribution in [3.8, 4) is 5.75 Å². The SMILES string of the molecule is NC1CCCN(C(=O)COc2ccc([N+](=O)[O-])c(F)c2)C1. The second-order valence-electron chi connectivity index (χ2n) is 4.90. The number of likely N-dealkylation sites (tertiary alicyclic amines) is 1. The van der Waals surface area contributed by atoms with Crippen LogP contribution in [0.5, 0.6) is 5.75 Å². The van der Waals surface area contributed by atoms with Crippen molar-refractivity contribution in [3.05, 3.63) is 34.1 Å². The summed E-state index contributed by atoms with van der Waals surface area (Å²) in [6, 6.07) is 3.13. The van der Waals surface area contributed by atoms with E-state index in [1.807, 2.05) is 0 Å². The minimum Gasteiger partial charge on any atom is -0.484 e. The average molecular weight is 297 g/mol. The van der Waals surface area contributed by atoms with E-state index in [9.17, 15) is 19.3 Å². The summed E-state index contributed by atoms with van der Waals surface area (Å²) in [6.07, 6.45) is 1.73. The summed E-state index contributed by atoms with van der Waals surface area (Å²) < 4.78 is 18.6. The van der Waals surface area contributed by atoms with Crippen LogP contribution in [0.4, 0.5) is 10.1 Å². The first kappa shape index (κ1) is 15.2. The fraction of sp³-hybridized carbons (Fsp3) is 0.462. The lowest BCUT2D eigenvalue weighted by Gasteiger charge is -2.30. The van der Waals surface area contributed by atoms with Crippen LogP contribution in [0.3, 0.4) is 0 Å². The average Bonchev–Trinajstić information content (AvgIpc) is 2.44. The van der Waals surface area contributed by atoms with Crippen molar-refractivity contribution in [1.82, 2.24) is 4.90 Å². The van der Waals surface area contributed by atoms with Gasteiger partial charge in [-0.15, -0.1) is 0 Å². The van der Waals surface area contributed by atoms with Gasteiger partial charge in [0.25, 0.3) is 5.91 Å². The molecule has 1 aliphatic heterocycles. The predicted molar refractivity (Wildman–Crippen MR) is 72.3 cm³/mol. The molecule has 0 saturated carbocycles. The van der Waals surface area contributed by atoms with Crippen LogP contribution in [0.1, 0.15) is 12.8 Å². The lowest BCUT2D eigenvalue weighted by Crippen LogP contribution is -2.47. The standard InChI is InChI=1S/C13H16FN3O4/c14-11-6-10(3-4-12(11)17(19)20)21-8-13(18)16-5-1-2-9(15)7-16/h3-4,6,9H,1-2,5,7-8,15H2. The third-order valence-electron chi connectivity index (χ3n) is 3.29. The number of ether oxygens (including phenoxy) is 1. The number of carbonyl (C=O) groups excluding carboxylic acids is 1. The van der Waals surface area contributed by atoms with Gasteiger partial charge in [-0.1, -0.05) is 0 Å². The van der Waals surface area contributed by atoms with Gasteiger partial charge in [-0.25, -0.2) is 0 Å². The van der Waals surface area contributed by atoms with E-state index in [0.29, 0.717) is 13.1 Å². The van der Waals surface area contributed by atoms with Crippen LogP contribution >= 0.6 is 0 Å². The highest BCUT2D eigenvalue weighted by Gasteiger charge is 2.22. The van der Waals surface area contributed by atoms with Gasteiger partial charge in [0.1, 0.15) is 5.75 Å². The van der Waals surface area contributed by atoms with Gasteiger partial charge < -0.3 is 15.4 Å². The van der Waals surface area contributed by atoms with E-state index in [1.54, 1.807) is 4.90 Å². The Kier molecular flexibility index (Phi) is 4.69. The molecule has 0 aromatic heterocycles. The molecule has 114 valence electrons. The highest BCUT2D eigenvalue weighted by Crippen LogP contribution is 2.22. The molecule has 21 heavy (non-hydrogen) atoms. The van der Waals surface area contributed by atoms with Gasteiger partial charge in [-0.3, -0.25) is 14.9 Å². The molecule has 1 unspecified atom stereocenters. The number of piperidine rings is 1. The van der Waals surface area contributed by atoms with Gasteiger partial charge in [0.2, 0.25) is 5.82 Å². The molecular weight excluding hydrogens is 281 g/mol. The van der Waals surface area contributed by atoms with Gasteiger partial charge in [-0.2, -0.15) is 4.39 Å². The first-order valence-electron chi connectivity index (χ1n) is 6.57. The van der Waals surface area contributed by atoms with Crippen LogP contribution in [0.25, 0.3) is 0 Å². The second kappa shape index (κ2) is 6.49. The smallest absolute Gasteiger partial charge is 0.305 e. The third-order valence-corrected chi connectivity index (χ3v) is 3.29. The number of nitrogens with zero attached hydrogens (tertiary/aromatic N) is 2. The number of amides is 1. The van der Waals surface area contributed by atoms with Gasteiger partial charge in [0.15, 0.2) is 6.61 Å². The molecule has 7 nitrogen and oxygen atoms in total. The third kappa shape index (κ3) is 3.88. The minimum atomic E-state index is -0.995. The number of halogens is 1. The van der Waals surface area contributed by atoms with E-state index < -0.39 is 16.4 Å². The molecule has 8 heteroatoms. The molecule has 1 aliphatic rings. The monoisotopic (exact) mass is 297 g/mol. The second-order valence-corrected chi connectivity index (χ2v) is 4.90. The molecule has 0 aliphatic carbocycles. The number of carbonyl (C=O) groups is 1. The fourth-order valence-corrected chi connectivity index (χ4v) is 2.20. The molecule has 0 bridgehead atoms. The molecule has 1 fully saturated rings. The highest BCUT2D eigenvalue weighted by molar-refractivity contribution is 5.78. The number of rotatable bonds is 4. The summed E-state index contributed by atoms with van der Waals surface area (Å²) in [7, 11) is 0. The van der Waals surface area contributed by atoms with Gasteiger partial charge in [-0.05, 0) is 18.9 Å². The summed E-state index contributed by atoms with van der Waals surface area (Å²) in [4.78, 5) is 23.2. The van der Waals surface area contributed by atoms with E-state index in [0.717, 1.165) is 25.0 Å². The molecule has 2 N–H and O–H groups in total. The Balaban J connectivity index is 1.92. The Morgan fingerprint density at radius 3 is 2.95 bits per heavy atom. The quantitative estimate of drug-likeness (QED) is 0.662. The summed E-state index contributed by atoms with van der Waals surface area (Å²) in [6.45, 7) is 0.866. The first-order chi connectivity index (χ1) is 9.97. The van der Waals surface area contributed by atoms with Gasteiger partial charge >= 0.3 is 5.69 Å². The van der Waals surface area contributed by atoms with Crippen LogP contribution in [0, 0.1) is 15.9 Å². The van der Waals surface area contributed by atoms with Crippen LogP contribution in [-0.2, 0) is 4.79 Å². The van der Waals surface area contributed by atoms with E-state index in [4.69, 9.17) is 10.5 Å². The molecule has 1 aromatic rings. The largest absolute Gasteiger partial charge is 0.484 e. The van der Waals surface area contributed by atoms with E-state index in [2.05, 4.69) is 0 Å². The van der Waals surface area contributed by atoms with Crippen LogP contribution in [0.15, 0.2) is 18.2 Å². The zero-order valence-corrected chi connectivity index (χ0v) is 11.3. The van der Waals surface area contributed by atoms with Crippen molar-refractivity contribution in [1.29, 1.82) is 0 Å². The molecule has 2 rings (SSSR count). The van der Waals surface area contributed by atoms with E-state index >= 15 is 0 Å². The molecule has 0 spiro atoms. The van der Waals surface area contributed by atoms with Gasteiger partial charge in [0, 0.05) is 31.3 Å². The Labute approximate surface area is 120 Å². The topological polar surface area (TPSA) is 98.7 Å². The lowest BCUT2D eigenvalue weighted by molar-refractivity contribution is -0.387. The maximum atomic E-state index is 13.4. The van der Waals surface area contributed by atoms with Crippen LogP contribution in [0.2, 0.25) is 0 Å². The zero-order chi connectivity index (χ0) is 15.4. The maximum Gasteiger partial charge on any atom is 0.305 e. The van der Waals surface area contributed by atoms with Crippen LogP contribution in [-0.4, -0.2) is 41.5 Å². The first-order valence-corrected chi connectivity index (χ1v) is 6.57. The molecule has 1 atom stereocenters. The van der Waals surface area contributed by atoms with Crippen molar-refractivity contribution < 1.29 is 18.8 Å². The zero-order valence-electron chi connectivity index (χ0n) is 11.3. The van der Waals surface area contributed by atoms with Crippen molar-refractivity contribution >= 4 is 11.6 Å². The van der Waals surface area contributed by atoms with E-state index in [1.165, 1.54) is 6.07 Å². The highest BCUT2D eigenvalue weighted by atomic mass is 19.1. The molecule has 1 saturated heterocycles. The Morgan fingerprint density at radius 1 is 1.57 bits per heavy atom. The summed E-state index contributed by atoms with van der Waals surface area (Å²) in [5.41, 5.74) is 5.16. The molecule has 0 radical (unpaired) electrons. The van der Waals surface area contributed by atoms with E-state index in [-0.39, 0.29) is 24.3 Å². The normalized spacial score (nSPS) is 18.4. The molecule has 1 amide bonds. The predicted octanol–water partition coefficient (Wildman–Crippen LogP) is 1.06. The Morgan fingerprint density at radius 2 is 2.33 bits per heavy atom. The number of nitro benzene ring substituents is 1. The summed E-state index contributed by atoms with van der Waals surface area (Å²) >= 11 is 0. The number of hydrogen-bond donors (Lipinski definition) is 1.